The van der Waals surface area contributed by atoms with Gasteiger partial charge in [-0.05, 0) is 78.8 Å². The van der Waals surface area contributed by atoms with Crippen LogP contribution in [-0.4, -0.2) is 89.1 Å². The number of benzene rings is 3. The van der Waals surface area contributed by atoms with Crippen LogP contribution < -0.4 is 16.0 Å². The van der Waals surface area contributed by atoms with E-state index in [1.54, 1.807) is 24.3 Å². The van der Waals surface area contributed by atoms with Crippen molar-refractivity contribution in [3.8, 4) is 22.4 Å². The summed E-state index contributed by atoms with van der Waals surface area (Å²) in [5, 5.41) is 8.33. The van der Waals surface area contributed by atoms with Gasteiger partial charge in [-0.1, -0.05) is 74.5 Å². The van der Waals surface area contributed by atoms with Crippen LogP contribution in [0.1, 0.15) is 74.3 Å². The molecule has 0 saturated carbocycles. The lowest BCUT2D eigenvalue weighted by atomic mass is 9.89. The number of fused-ring (bicyclic) bond motifs is 3. The fourth-order valence-corrected chi connectivity index (χ4v) is 8.21. The van der Waals surface area contributed by atoms with E-state index in [0.29, 0.717) is 37.2 Å². The molecule has 4 N–H and O–H groups in total. The van der Waals surface area contributed by atoms with Crippen molar-refractivity contribution >= 4 is 35.6 Å². The normalized spacial score (nSPS) is 18.3. The number of rotatable bonds is 10. The highest BCUT2D eigenvalue weighted by Gasteiger charge is 2.40. The molecule has 3 heterocycles. The second-order valence-electron chi connectivity index (χ2n) is 15.1. The van der Waals surface area contributed by atoms with E-state index in [4.69, 9.17) is 14.5 Å². The van der Waals surface area contributed by atoms with Gasteiger partial charge in [-0.2, -0.15) is 0 Å². The molecule has 2 saturated heterocycles. The zero-order chi connectivity index (χ0) is 40.2. The van der Waals surface area contributed by atoms with Crippen LogP contribution in [0.4, 0.5) is 15.3 Å². The van der Waals surface area contributed by atoms with Crippen LogP contribution in [0.3, 0.4) is 0 Å². The lowest BCUT2D eigenvalue weighted by Crippen LogP contribution is -2.51. The summed E-state index contributed by atoms with van der Waals surface area (Å²) in [5.74, 6) is -0.146. The Balaban J connectivity index is 1.02. The number of H-pyrrole nitrogens is 1. The van der Waals surface area contributed by atoms with Crippen molar-refractivity contribution in [3.63, 3.8) is 0 Å². The maximum Gasteiger partial charge on any atom is 0.407 e. The number of hydrogen-bond acceptors (Lipinski definition) is 8. The van der Waals surface area contributed by atoms with Crippen molar-refractivity contribution in [2.45, 2.75) is 76.5 Å². The number of nitrogens with one attached hydrogen (secondary N) is 4. The Bertz CT molecular complexity index is 2130. The van der Waals surface area contributed by atoms with Crippen molar-refractivity contribution in [1.82, 2.24) is 30.4 Å². The van der Waals surface area contributed by atoms with E-state index in [1.807, 2.05) is 49.1 Å². The first-order valence-corrected chi connectivity index (χ1v) is 19.5. The Morgan fingerprint density at radius 3 is 2.19 bits per heavy atom. The van der Waals surface area contributed by atoms with Crippen molar-refractivity contribution < 1.29 is 33.4 Å². The molecule has 0 bridgehead atoms. The topological polar surface area (TPSA) is 175 Å². The molecule has 5 amide bonds. The van der Waals surface area contributed by atoms with Crippen LogP contribution in [0.25, 0.3) is 22.4 Å². The SMILES string of the molecule is COC(=O)N[C@H](C(=O)N1CCC[C@H]1c1nc2c([nH]1)-c1ccc(-c3ccc(NC(=O)[C@@H]4CCCN4C(=O)[C@H](NC(=O)OC)c4ccccc4)cc3)cc1CC2)C(C)C. The number of aryl methyl sites for hydroxylation is 2. The monoisotopic (exact) mass is 775 g/mol. The number of hydrogen-bond donors (Lipinski definition) is 4. The average Bonchev–Trinajstić information content (AvgIpc) is 4.02. The highest BCUT2D eigenvalue weighted by atomic mass is 16.5. The Labute approximate surface area is 331 Å². The molecule has 57 heavy (non-hydrogen) atoms. The summed E-state index contributed by atoms with van der Waals surface area (Å²) >= 11 is 0. The Hall–Kier alpha value is -6.18. The van der Waals surface area contributed by atoms with Gasteiger partial charge in [0, 0.05) is 24.3 Å². The molecular formula is C43H49N7O7. The second-order valence-corrected chi connectivity index (χ2v) is 15.1. The van der Waals surface area contributed by atoms with Crippen molar-refractivity contribution in [2.75, 3.05) is 32.6 Å². The number of carbonyl (C=O) groups is 5. The standard InChI is InChI=1S/C43H49N7O7/c1-25(2)35(47-42(54)56-3)40(52)49-22-8-12-33(49)38-45-32-21-17-29-24-28(16-20-31(29)37(32)46-38)26-14-18-30(19-15-26)44-39(51)34-13-9-23-50(34)41(53)36(48-43(55)57-4)27-10-6-5-7-11-27/h5-7,10-11,14-16,18-20,24-25,33-36H,8-9,12-13,17,21-23H2,1-4H3,(H,44,51)(H,45,46)(H,47,54)(H,48,55)/t33-,34-,35-,36+/m0/s1. The number of likely N-dealkylation sites (tertiary alicyclic amines) is 2. The molecular weight excluding hydrogens is 727 g/mol. The van der Waals surface area contributed by atoms with E-state index in [9.17, 15) is 24.0 Å². The van der Waals surface area contributed by atoms with Gasteiger partial charge in [-0.25, -0.2) is 14.6 Å². The fraction of sp³-hybridized carbons (Fsp3) is 0.395. The van der Waals surface area contributed by atoms with Gasteiger partial charge in [0.05, 0.1) is 31.6 Å². The number of amides is 5. The number of imidazole rings is 1. The van der Waals surface area contributed by atoms with Gasteiger partial charge < -0.3 is 40.2 Å². The van der Waals surface area contributed by atoms with Gasteiger partial charge in [-0.15, -0.1) is 0 Å². The molecule has 4 atom stereocenters. The van der Waals surface area contributed by atoms with E-state index in [-0.39, 0.29) is 29.7 Å². The maximum atomic E-state index is 13.8. The van der Waals surface area contributed by atoms with Gasteiger partial charge in [0.2, 0.25) is 11.8 Å². The predicted octanol–water partition coefficient (Wildman–Crippen LogP) is 5.91. The first kappa shape index (κ1) is 39.1. The third kappa shape index (κ3) is 8.21. The van der Waals surface area contributed by atoms with Crippen LogP contribution >= 0.6 is 0 Å². The Morgan fingerprint density at radius 1 is 0.789 bits per heavy atom. The number of aromatic amines is 1. The lowest BCUT2D eigenvalue weighted by molar-refractivity contribution is -0.138. The molecule has 4 aromatic rings. The number of alkyl carbamates (subject to hydrolysis) is 2. The number of ether oxygens (including phenoxy) is 2. The molecule has 0 spiro atoms. The largest absolute Gasteiger partial charge is 0.453 e. The summed E-state index contributed by atoms with van der Waals surface area (Å²) in [5.41, 5.74) is 7.47. The molecule has 2 fully saturated rings. The molecule has 2 aliphatic heterocycles. The van der Waals surface area contributed by atoms with Crippen LogP contribution in [0.5, 0.6) is 0 Å². The molecule has 0 unspecified atom stereocenters. The summed E-state index contributed by atoms with van der Waals surface area (Å²) in [4.78, 5) is 77.1. The smallest absolute Gasteiger partial charge is 0.407 e. The van der Waals surface area contributed by atoms with Gasteiger partial charge in [-0.3, -0.25) is 14.4 Å². The van der Waals surface area contributed by atoms with Gasteiger partial charge in [0.1, 0.15) is 23.9 Å². The molecule has 14 nitrogen and oxygen atoms in total. The van der Waals surface area contributed by atoms with E-state index in [0.717, 1.165) is 59.6 Å². The first-order chi connectivity index (χ1) is 27.6. The lowest BCUT2D eigenvalue weighted by Gasteiger charge is -2.30. The zero-order valence-electron chi connectivity index (χ0n) is 32.7. The summed E-state index contributed by atoms with van der Waals surface area (Å²) < 4.78 is 9.55. The van der Waals surface area contributed by atoms with Gasteiger partial charge >= 0.3 is 12.2 Å². The Kier molecular flexibility index (Phi) is 11.6. The highest BCUT2D eigenvalue weighted by molar-refractivity contribution is 5.99. The van der Waals surface area contributed by atoms with Crippen LogP contribution in [0, 0.1) is 5.92 Å². The van der Waals surface area contributed by atoms with Crippen LogP contribution in [-0.2, 0) is 36.7 Å². The second kappa shape index (κ2) is 16.9. The number of anilines is 1. The summed E-state index contributed by atoms with van der Waals surface area (Å²) in [6.07, 6.45) is 3.02. The fourth-order valence-electron chi connectivity index (χ4n) is 8.21. The van der Waals surface area contributed by atoms with Gasteiger partial charge in [0.25, 0.3) is 5.91 Å². The van der Waals surface area contributed by atoms with E-state index < -0.39 is 30.3 Å². The van der Waals surface area contributed by atoms with Crippen molar-refractivity contribution in [1.29, 1.82) is 0 Å². The molecule has 1 aliphatic carbocycles. The average molecular weight is 776 g/mol. The van der Waals surface area contributed by atoms with Crippen LogP contribution in [0.2, 0.25) is 0 Å². The minimum absolute atomic E-state index is 0.114. The number of methoxy groups -OCH3 is 2. The molecule has 298 valence electrons. The van der Waals surface area contributed by atoms with E-state index >= 15 is 0 Å². The minimum Gasteiger partial charge on any atom is -0.453 e. The summed E-state index contributed by atoms with van der Waals surface area (Å²) in [7, 11) is 2.53. The predicted molar refractivity (Wildman–Crippen MR) is 213 cm³/mol. The van der Waals surface area contributed by atoms with E-state index in [2.05, 4.69) is 39.1 Å². The molecule has 3 aliphatic rings. The molecule has 14 heteroatoms. The van der Waals surface area contributed by atoms with Crippen molar-refractivity contribution in [2.24, 2.45) is 5.92 Å². The number of aromatic nitrogens is 2. The minimum atomic E-state index is -0.987. The number of nitrogens with zero attached hydrogens (tertiary/aromatic N) is 3. The molecule has 0 radical (unpaired) electrons. The third-order valence-corrected chi connectivity index (χ3v) is 11.2. The quantitative estimate of drug-likeness (QED) is 0.154. The van der Waals surface area contributed by atoms with Crippen LogP contribution in [0.15, 0.2) is 72.8 Å². The number of carbonyl (C=O) groups excluding carboxylic acids is 5. The molecule has 3 aromatic carbocycles. The maximum absolute atomic E-state index is 13.8. The zero-order valence-corrected chi connectivity index (χ0v) is 32.7. The Morgan fingerprint density at radius 2 is 1.47 bits per heavy atom. The first-order valence-electron chi connectivity index (χ1n) is 19.5. The third-order valence-electron chi connectivity index (χ3n) is 11.2. The highest BCUT2D eigenvalue weighted by Crippen LogP contribution is 2.39. The van der Waals surface area contributed by atoms with E-state index in [1.165, 1.54) is 24.7 Å². The summed E-state index contributed by atoms with van der Waals surface area (Å²) in [6, 6.07) is 20.4. The molecule has 1 aromatic heterocycles. The summed E-state index contributed by atoms with van der Waals surface area (Å²) in [6.45, 7) is 4.79. The van der Waals surface area contributed by atoms with Gasteiger partial charge in [0.15, 0.2) is 0 Å². The molecule has 7 rings (SSSR count). The van der Waals surface area contributed by atoms with Crippen molar-refractivity contribution in [3.05, 3.63) is 95.4 Å².